The van der Waals surface area contributed by atoms with Crippen LogP contribution in [0.25, 0.3) is 0 Å². The molecule has 0 amide bonds. The van der Waals surface area contributed by atoms with Crippen molar-refractivity contribution >= 4 is 11.9 Å². The van der Waals surface area contributed by atoms with Crippen molar-refractivity contribution in [2.45, 2.75) is 0 Å². The highest BCUT2D eigenvalue weighted by atomic mass is 19.2. The van der Waals surface area contributed by atoms with E-state index >= 15 is 0 Å². The molecule has 0 unspecified atom stereocenters. The lowest BCUT2D eigenvalue weighted by Gasteiger charge is -2.03. The molecule has 0 aliphatic heterocycles. The van der Waals surface area contributed by atoms with Gasteiger partial charge in [0.15, 0.2) is 23.3 Å². The molecule has 0 aromatic heterocycles. The maximum absolute atomic E-state index is 13.2. The summed E-state index contributed by atoms with van der Waals surface area (Å²) in [6.07, 6.45) is 5.56. The van der Waals surface area contributed by atoms with Crippen LogP contribution in [0.15, 0.2) is 34.5 Å². The highest BCUT2D eigenvalue weighted by Crippen LogP contribution is 2.29. The van der Waals surface area contributed by atoms with Gasteiger partial charge in [0.2, 0.25) is 5.82 Å². The molecule has 0 atom stereocenters. The molecule has 1 aromatic rings. The van der Waals surface area contributed by atoms with E-state index in [1.807, 2.05) is 0 Å². The van der Waals surface area contributed by atoms with Crippen molar-refractivity contribution in [1.82, 2.24) is 0 Å². The summed E-state index contributed by atoms with van der Waals surface area (Å²) in [5, 5.41) is 0. The second kappa shape index (κ2) is 4.58. The summed E-state index contributed by atoms with van der Waals surface area (Å²) in [6.45, 7) is 0. The molecule has 0 radical (unpaired) electrons. The number of halogens is 5. The Balaban J connectivity index is 2.51. The fourth-order valence-corrected chi connectivity index (χ4v) is 1.27. The molecule has 2 rings (SSSR count). The van der Waals surface area contributed by atoms with Gasteiger partial charge in [-0.15, -0.1) is 5.73 Å². The van der Waals surface area contributed by atoms with Gasteiger partial charge in [-0.2, -0.15) is 0 Å². The minimum Gasteiger partial charge on any atom is -0.249 e. The van der Waals surface area contributed by atoms with Crippen LogP contribution in [-0.4, -0.2) is 6.21 Å². The second-order valence-corrected chi connectivity index (χ2v) is 3.30. The normalized spacial score (nSPS) is 13.7. The standard InChI is InChI=1S/C12H4F5N/c13-7-8(14)10(16)12(11(17)9(7)15)18-5-6-3-1-2-4-6/h1-3,5H. The Morgan fingerprint density at radius 3 is 1.94 bits per heavy atom. The molecule has 0 heterocycles. The SMILES string of the molecule is Fc1c(F)c(F)c(N=CC2=C=CC=C2)c(F)c1F. The van der Waals surface area contributed by atoms with Crippen LogP contribution in [0, 0.1) is 29.1 Å². The van der Waals surface area contributed by atoms with Gasteiger partial charge in [-0.25, -0.2) is 26.9 Å². The molecular weight excluding hydrogens is 253 g/mol. The Morgan fingerprint density at radius 1 is 0.889 bits per heavy atom. The minimum atomic E-state index is -2.20. The molecule has 1 nitrogen and oxygen atoms in total. The molecule has 0 saturated heterocycles. The van der Waals surface area contributed by atoms with Crippen LogP contribution < -0.4 is 0 Å². The van der Waals surface area contributed by atoms with E-state index in [9.17, 15) is 22.0 Å². The maximum atomic E-state index is 13.2. The smallest absolute Gasteiger partial charge is 0.200 e. The molecule has 0 N–H and O–H groups in total. The fraction of sp³-hybridized carbons (Fsp3) is 0. The summed E-state index contributed by atoms with van der Waals surface area (Å²) < 4.78 is 64.7. The number of hydrogen-bond donors (Lipinski definition) is 0. The van der Waals surface area contributed by atoms with Crippen LogP contribution in [0.1, 0.15) is 0 Å². The van der Waals surface area contributed by atoms with E-state index in [-0.39, 0.29) is 0 Å². The number of nitrogens with zero attached hydrogens (tertiary/aromatic N) is 1. The zero-order valence-corrected chi connectivity index (χ0v) is 8.65. The van der Waals surface area contributed by atoms with E-state index in [0.29, 0.717) is 5.57 Å². The Morgan fingerprint density at radius 2 is 1.44 bits per heavy atom. The first-order valence-electron chi connectivity index (χ1n) is 4.71. The lowest BCUT2D eigenvalue weighted by molar-refractivity contribution is 0.381. The molecule has 0 bridgehead atoms. The van der Waals surface area contributed by atoms with Crippen molar-refractivity contribution < 1.29 is 22.0 Å². The van der Waals surface area contributed by atoms with Gasteiger partial charge in [0, 0.05) is 11.8 Å². The van der Waals surface area contributed by atoms with Crippen molar-refractivity contribution in [1.29, 1.82) is 0 Å². The van der Waals surface area contributed by atoms with Gasteiger partial charge in [0.1, 0.15) is 5.69 Å². The van der Waals surface area contributed by atoms with E-state index in [4.69, 9.17) is 0 Å². The third kappa shape index (κ3) is 1.98. The molecule has 1 aliphatic rings. The molecule has 0 spiro atoms. The monoisotopic (exact) mass is 257 g/mol. The van der Waals surface area contributed by atoms with Crippen LogP contribution in [0.2, 0.25) is 0 Å². The molecule has 92 valence electrons. The van der Waals surface area contributed by atoms with E-state index in [1.165, 1.54) is 12.2 Å². The summed E-state index contributed by atoms with van der Waals surface area (Å²) in [6, 6.07) is 0. The summed E-state index contributed by atoms with van der Waals surface area (Å²) in [5.41, 5.74) is 1.77. The molecule has 0 saturated carbocycles. The topological polar surface area (TPSA) is 12.4 Å². The van der Waals surface area contributed by atoms with E-state index in [1.54, 1.807) is 6.08 Å². The highest BCUT2D eigenvalue weighted by Gasteiger charge is 2.25. The van der Waals surface area contributed by atoms with E-state index in [2.05, 4.69) is 10.7 Å². The predicted octanol–water partition coefficient (Wildman–Crippen LogP) is 3.74. The van der Waals surface area contributed by atoms with Crippen LogP contribution in [-0.2, 0) is 0 Å². The lowest BCUT2D eigenvalue weighted by atomic mass is 10.2. The van der Waals surface area contributed by atoms with Gasteiger partial charge in [-0.05, 0) is 12.2 Å². The van der Waals surface area contributed by atoms with Gasteiger partial charge in [0.05, 0.1) is 0 Å². The summed E-state index contributed by atoms with van der Waals surface area (Å²) in [4.78, 5) is 3.26. The zero-order valence-electron chi connectivity index (χ0n) is 8.65. The Bertz CT molecular complexity index is 607. The van der Waals surface area contributed by atoms with Crippen LogP contribution in [0.5, 0.6) is 0 Å². The van der Waals surface area contributed by atoms with Crippen molar-refractivity contribution in [2.24, 2.45) is 4.99 Å². The third-order valence-electron chi connectivity index (χ3n) is 2.14. The average molecular weight is 257 g/mol. The quantitative estimate of drug-likeness (QED) is 0.251. The van der Waals surface area contributed by atoms with Gasteiger partial charge in [-0.3, -0.25) is 0 Å². The van der Waals surface area contributed by atoms with E-state index in [0.717, 1.165) is 6.21 Å². The van der Waals surface area contributed by atoms with Gasteiger partial charge in [0.25, 0.3) is 0 Å². The number of hydrogen-bond acceptors (Lipinski definition) is 1. The van der Waals surface area contributed by atoms with Crippen LogP contribution in [0.3, 0.4) is 0 Å². The van der Waals surface area contributed by atoms with Crippen LogP contribution >= 0.6 is 0 Å². The first-order valence-corrected chi connectivity index (χ1v) is 4.71. The number of rotatable bonds is 2. The first kappa shape index (κ1) is 12.3. The molecule has 18 heavy (non-hydrogen) atoms. The Labute approximate surface area is 98.3 Å². The summed E-state index contributed by atoms with van der Waals surface area (Å²) in [5.74, 6) is -10.2. The molecular formula is C12H4F5N. The molecule has 1 aliphatic carbocycles. The largest absolute Gasteiger partial charge is 0.249 e. The fourth-order valence-electron chi connectivity index (χ4n) is 1.27. The van der Waals surface area contributed by atoms with Gasteiger partial charge >= 0.3 is 0 Å². The van der Waals surface area contributed by atoms with Crippen molar-refractivity contribution in [2.75, 3.05) is 0 Å². The number of allylic oxidation sites excluding steroid dienone is 3. The zero-order chi connectivity index (χ0) is 13.3. The minimum absolute atomic E-state index is 0.360. The van der Waals surface area contributed by atoms with Crippen molar-refractivity contribution in [3.63, 3.8) is 0 Å². The average Bonchev–Trinajstić information content (AvgIpc) is 2.87. The Kier molecular flexibility index (Phi) is 3.12. The summed E-state index contributed by atoms with van der Waals surface area (Å²) in [7, 11) is 0. The van der Waals surface area contributed by atoms with Gasteiger partial charge < -0.3 is 0 Å². The first-order chi connectivity index (χ1) is 8.52. The Hall–Kier alpha value is -2.20. The maximum Gasteiger partial charge on any atom is 0.200 e. The predicted molar refractivity (Wildman–Crippen MR) is 55.1 cm³/mol. The highest BCUT2D eigenvalue weighted by molar-refractivity contribution is 5.85. The number of benzene rings is 1. The van der Waals surface area contributed by atoms with Crippen LogP contribution in [0.4, 0.5) is 27.6 Å². The van der Waals surface area contributed by atoms with Crippen molar-refractivity contribution in [3.05, 3.63) is 58.6 Å². The van der Waals surface area contributed by atoms with E-state index < -0.39 is 34.8 Å². The van der Waals surface area contributed by atoms with Gasteiger partial charge in [-0.1, -0.05) is 6.08 Å². The molecule has 1 aromatic carbocycles. The molecule has 6 heteroatoms. The number of aliphatic imine (C=N–C) groups is 1. The second-order valence-electron chi connectivity index (χ2n) is 3.30. The lowest BCUT2D eigenvalue weighted by Crippen LogP contribution is -2.00. The summed E-state index contributed by atoms with van der Waals surface area (Å²) >= 11 is 0. The van der Waals surface area contributed by atoms with Crippen molar-refractivity contribution in [3.8, 4) is 0 Å². The molecule has 0 fully saturated rings. The third-order valence-corrected chi connectivity index (χ3v) is 2.14.